The maximum atomic E-state index is 12.3. The zero-order valence-corrected chi connectivity index (χ0v) is 19.7. The first kappa shape index (κ1) is 21.8. The fourth-order valence-electron chi connectivity index (χ4n) is 5.22. The monoisotopic (exact) mass is 432 g/mol. The molecule has 0 saturated carbocycles. The van der Waals surface area contributed by atoms with E-state index in [4.69, 9.17) is 9.16 Å². The van der Waals surface area contributed by atoms with Crippen molar-refractivity contribution < 1.29 is 14.0 Å². The molecule has 4 heteroatoms. The third-order valence-electron chi connectivity index (χ3n) is 6.66. The zero-order valence-electron chi connectivity index (χ0n) is 18.7. The summed E-state index contributed by atoms with van der Waals surface area (Å²) >= 11 is 0. The van der Waals surface area contributed by atoms with E-state index in [2.05, 4.69) is 94.1 Å². The van der Waals surface area contributed by atoms with E-state index in [1.807, 2.05) is 12.2 Å². The molecule has 31 heavy (non-hydrogen) atoms. The number of hydrogen-bond acceptors (Lipinski definition) is 3. The van der Waals surface area contributed by atoms with E-state index >= 15 is 0 Å². The van der Waals surface area contributed by atoms with Crippen LogP contribution in [0.4, 0.5) is 0 Å². The number of ether oxygens (including phenoxy) is 1. The molecule has 0 spiro atoms. The van der Waals surface area contributed by atoms with Gasteiger partial charge in [-0.25, -0.2) is 0 Å². The zero-order chi connectivity index (χ0) is 22.1. The van der Waals surface area contributed by atoms with Gasteiger partial charge in [-0.3, -0.25) is 4.79 Å². The minimum atomic E-state index is -2.64. The molecule has 4 rings (SSSR count). The van der Waals surface area contributed by atoms with Gasteiger partial charge >= 0.3 is 5.97 Å². The first-order valence-electron chi connectivity index (χ1n) is 11.2. The van der Waals surface area contributed by atoms with Crippen molar-refractivity contribution in [3.63, 3.8) is 0 Å². The highest BCUT2D eigenvalue weighted by atomic mass is 28.4. The van der Waals surface area contributed by atoms with Gasteiger partial charge in [-0.1, -0.05) is 99.7 Å². The molecule has 162 valence electrons. The minimum Gasteiger partial charge on any atom is -0.461 e. The molecule has 1 heterocycles. The molecule has 2 aliphatic rings. The molecule has 2 aromatic carbocycles. The number of carbonyl (C=O) groups is 1. The Morgan fingerprint density at radius 2 is 1.61 bits per heavy atom. The minimum absolute atomic E-state index is 0.0608. The normalized spacial score (nSPS) is 25.7. The SMILES string of the molecule is C=CC[C@H]1OC(=O)[C@@H]2C=C[C@H](O[Si](c3ccccc3)(c3ccccc3)C(C)(C)C)C[C@H]12. The lowest BCUT2D eigenvalue weighted by Gasteiger charge is -2.45. The van der Waals surface area contributed by atoms with Crippen molar-refractivity contribution in [2.75, 3.05) is 0 Å². The quantitative estimate of drug-likeness (QED) is 0.379. The highest BCUT2D eigenvalue weighted by molar-refractivity contribution is 6.99. The van der Waals surface area contributed by atoms with Crippen molar-refractivity contribution in [1.82, 2.24) is 0 Å². The molecule has 0 aromatic heterocycles. The summed E-state index contributed by atoms with van der Waals surface area (Å²) in [5.41, 5.74) is 0. The topological polar surface area (TPSA) is 35.5 Å². The number of hydrogen-bond donors (Lipinski definition) is 0. The summed E-state index contributed by atoms with van der Waals surface area (Å²) in [5.74, 6) is -0.139. The summed E-state index contributed by atoms with van der Waals surface area (Å²) in [6, 6.07) is 21.4. The molecule has 0 radical (unpaired) electrons. The molecule has 1 aliphatic carbocycles. The van der Waals surface area contributed by atoms with Gasteiger partial charge in [0.2, 0.25) is 0 Å². The Labute approximate surface area is 186 Å². The Morgan fingerprint density at radius 1 is 1.03 bits per heavy atom. The van der Waals surface area contributed by atoms with Crippen molar-refractivity contribution in [2.24, 2.45) is 11.8 Å². The molecule has 1 saturated heterocycles. The van der Waals surface area contributed by atoms with Crippen LogP contribution in [-0.4, -0.2) is 26.5 Å². The summed E-state index contributed by atoms with van der Waals surface area (Å²) in [6.45, 7) is 10.7. The maximum absolute atomic E-state index is 12.3. The Bertz CT molecular complexity index is 906. The Morgan fingerprint density at radius 3 is 2.13 bits per heavy atom. The molecule has 0 bridgehead atoms. The van der Waals surface area contributed by atoms with E-state index < -0.39 is 8.32 Å². The van der Waals surface area contributed by atoms with Gasteiger partial charge in [0.1, 0.15) is 6.10 Å². The van der Waals surface area contributed by atoms with Crippen LogP contribution in [-0.2, 0) is 14.0 Å². The van der Waals surface area contributed by atoms with Crippen LogP contribution in [0.5, 0.6) is 0 Å². The standard InChI is InChI=1S/C27H32O3Si/c1-5-12-25-24-19-20(17-18-23(24)26(28)29-25)30-31(27(2,3)4,21-13-8-6-9-14-21)22-15-10-7-11-16-22/h5-11,13-18,20,23-25H,1,12,19H2,2-4H3/t20-,23+,24-,25+/m0/s1. The van der Waals surface area contributed by atoms with E-state index in [-0.39, 0.29) is 35.1 Å². The fourth-order valence-corrected chi connectivity index (χ4v) is 9.87. The Hall–Kier alpha value is -2.43. The lowest BCUT2D eigenvalue weighted by atomic mass is 9.80. The largest absolute Gasteiger partial charge is 0.461 e. The van der Waals surface area contributed by atoms with Crippen LogP contribution in [0.25, 0.3) is 0 Å². The van der Waals surface area contributed by atoms with Gasteiger partial charge in [-0.2, -0.15) is 0 Å². The lowest BCUT2D eigenvalue weighted by Crippen LogP contribution is -2.67. The fraction of sp³-hybridized carbons (Fsp3) is 0.370. The van der Waals surface area contributed by atoms with Crippen LogP contribution in [0.2, 0.25) is 5.04 Å². The van der Waals surface area contributed by atoms with Crippen molar-refractivity contribution in [2.45, 2.75) is 50.9 Å². The van der Waals surface area contributed by atoms with Gasteiger partial charge in [0, 0.05) is 12.3 Å². The Balaban J connectivity index is 1.76. The maximum Gasteiger partial charge on any atom is 0.313 e. The van der Waals surface area contributed by atoms with Crippen molar-refractivity contribution in [3.05, 3.63) is 85.5 Å². The van der Waals surface area contributed by atoms with Crippen molar-refractivity contribution >= 4 is 24.7 Å². The van der Waals surface area contributed by atoms with Crippen LogP contribution in [0.3, 0.4) is 0 Å². The molecule has 4 atom stereocenters. The van der Waals surface area contributed by atoms with Crippen LogP contribution >= 0.6 is 0 Å². The lowest BCUT2D eigenvalue weighted by molar-refractivity contribution is -0.143. The second-order valence-corrected chi connectivity index (χ2v) is 13.9. The third-order valence-corrected chi connectivity index (χ3v) is 11.7. The average molecular weight is 433 g/mol. The van der Waals surface area contributed by atoms with Gasteiger partial charge < -0.3 is 9.16 Å². The number of rotatable bonds is 6. The van der Waals surface area contributed by atoms with Crippen molar-refractivity contribution in [1.29, 1.82) is 0 Å². The summed E-state index contributed by atoms with van der Waals surface area (Å²) in [6.07, 6.45) is 7.26. The van der Waals surface area contributed by atoms with Gasteiger partial charge in [-0.05, 0) is 21.8 Å². The first-order valence-corrected chi connectivity index (χ1v) is 13.1. The number of esters is 1. The average Bonchev–Trinajstić information content (AvgIpc) is 3.07. The molecular weight excluding hydrogens is 400 g/mol. The predicted octanol–water partition coefficient (Wildman–Crippen LogP) is 4.63. The number of benzene rings is 2. The van der Waals surface area contributed by atoms with Crippen molar-refractivity contribution in [3.8, 4) is 0 Å². The molecule has 0 N–H and O–H groups in total. The Kier molecular flexibility index (Phi) is 6.04. The van der Waals surface area contributed by atoms with Crippen LogP contribution in [0.1, 0.15) is 33.6 Å². The summed E-state index contributed by atoms with van der Waals surface area (Å²) in [5, 5.41) is 2.46. The number of carbonyl (C=O) groups excluding carboxylic acids is 1. The number of cyclic esters (lactones) is 1. The second kappa shape index (κ2) is 8.60. The van der Waals surface area contributed by atoms with Gasteiger partial charge in [-0.15, -0.1) is 6.58 Å². The van der Waals surface area contributed by atoms with Crippen LogP contribution in [0, 0.1) is 11.8 Å². The van der Waals surface area contributed by atoms with Gasteiger partial charge in [0.15, 0.2) is 0 Å². The first-order chi connectivity index (χ1) is 14.9. The van der Waals surface area contributed by atoms with E-state index in [0.29, 0.717) is 6.42 Å². The predicted molar refractivity (Wildman–Crippen MR) is 128 cm³/mol. The summed E-state index contributed by atoms with van der Waals surface area (Å²) in [4.78, 5) is 12.3. The molecular formula is C27H32O3Si. The molecule has 2 aromatic rings. The molecule has 3 nitrogen and oxygen atoms in total. The van der Waals surface area contributed by atoms with E-state index in [1.54, 1.807) is 0 Å². The number of fused-ring (bicyclic) bond motifs is 1. The smallest absolute Gasteiger partial charge is 0.313 e. The third kappa shape index (κ3) is 3.95. The molecule has 0 unspecified atom stereocenters. The van der Waals surface area contributed by atoms with Gasteiger partial charge in [0.05, 0.1) is 12.0 Å². The van der Waals surface area contributed by atoms with E-state index in [9.17, 15) is 4.79 Å². The molecule has 0 amide bonds. The highest BCUT2D eigenvalue weighted by Gasteiger charge is 2.53. The molecule has 1 fully saturated rings. The second-order valence-electron chi connectivity index (χ2n) is 9.63. The van der Waals surface area contributed by atoms with E-state index in [0.717, 1.165) is 6.42 Å². The van der Waals surface area contributed by atoms with E-state index in [1.165, 1.54) is 10.4 Å². The van der Waals surface area contributed by atoms with Gasteiger partial charge in [0.25, 0.3) is 8.32 Å². The molecule has 1 aliphatic heterocycles. The summed E-state index contributed by atoms with van der Waals surface area (Å²) < 4.78 is 12.9. The van der Waals surface area contributed by atoms with Crippen LogP contribution < -0.4 is 10.4 Å². The summed E-state index contributed by atoms with van der Waals surface area (Å²) in [7, 11) is -2.64. The highest BCUT2D eigenvalue weighted by Crippen LogP contribution is 2.42. The van der Waals surface area contributed by atoms with Crippen LogP contribution in [0.15, 0.2) is 85.5 Å².